The molecule has 1 saturated heterocycles. The van der Waals surface area contributed by atoms with Gasteiger partial charge in [-0.1, -0.05) is 0 Å². The zero-order chi connectivity index (χ0) is 18.3. The largest absolute Gasteiger partial charge is 0.361 e. The fourth-order valence-electron chi connectivity index (χ4n) is 3.89. The van der Waals surface area contributed by atoms with Crippen LogP contribution in [0.2, 0.25) is 0 Å². The van der Waals surface area contributed by atoms with Gasteiger partial charge in [0.1, 0.15) is 5.82 Å². The Labute approximate surface area is 151 Å². The molecule has 2 atom stereocenters. The lowest BCUT2D eigenvalue weighted by Crippen LogP contribution is -2.48. The molecule has 1 aromatic carbocycles. The zero-order valence-electron chi connectivity index (χ0n) is 14.9. The monoisotopic (exact) mass is 357 g/mol. The van der Waals surface area contributed by atoms with Crippen molar-refractivity contribution in [1.82, 2.24) is 15.2 Å². The normalized spacial score (nSPS) is 21.8. The molecule has 1 saturated carbocycles. The average Bonchev–Trinajstić information content (AvgIpc) is 3.38. The Morgan fingerprint density at radius 1 is 1.38 bits per heavy atom. The van der Waals surface area contributed by atoms with Crippen molar-refractivity contribution in [3.8, 4) is 0 Å². The number of aromatic amines is 1. The van der Waals surface area contributed by atoms with E-state index in [-0.39, 0.29) is 29.6 Å². The first kappa shape index (κ1) is 17.1. The van der Waals surface area contributed by atoms with Crippen molar-refractivity contribution >= 4 is 22.7 Å². The quantitative estimate of drug-likeness (QED) is 0.864. The summed E-state index contributed by atoms with van der Waals surface area (Å²) in [7, 11) is 0. The van der Waals surface area contributed by atoms with Crippen LogP contribution in [0.1, 0.15) is 38.2 Å². The number of H-pyrrole nitrogens is 1. The summed E-state index contributed by atoms with van der Waals surface area (Å²) in [6.07, 6.45) is 5.72. The van der Waals surface area contributed by atoms with Gasteiger partial charge in [-0.3, -0.25) is 9.59 Å². The van der Waals surface area contributed by atoms with E-state index in [0.717, 1.165) is 29.3 Å². The maximum Gasteiger partial charge on any atom is 0.225 e. The number of rotatable bonds is 5. The fourth-order valence-corrected chi connectivity index (χ4v) is 3.89. The molecule has 2 N–H and O–H groups in total. The lowest BCUT2D eigenvalue weighted by molar-refractivity contribution is -0.139. The standard InChI is InChI=1S/C20H24FN3O2/c1-12(8-14-10-22-18-6-3-15(21)9-17(14)18)23-20(26)13-2-7-19(25)24(11-13)16-4-5-16/h3,6,9-10,12-13,16,22H,2,4-5,7-8,11H2,1H3,(H,23,26). The molecule has 2 aromatic rings. The van der Waals surface area contributed by atoms with Gasteiger partial charge in [-0.2, -0.15) is 0 Å². The predicted molar refractivity (Wildman–Crippen MR) is 97.0 cm³/mol. The molecule has 2 heterocycles. The number of nitrogens with one attached hydrogen (secondary N) is 2. The molecule has 2 amide bonds. The van der Waals surface area contributed by atoms with E-state index in [1.807, 2.05) is 18.0 Å². The van der Waals surface area contributed by atoms with Gasteiger partial charge in [0.05, 0.1) is 5.92 Å². The van der Waals surface area contributed by atoms with Crippen LogP contribution in [0.5, 0.6) is 0 Å². The number of benzene rings is 1. The molecule has 0 spiro atoms. The number of fused-ring (bicyclic) bond motifs is 1. The molecular formula is C20H24FN3O2. The van der Waals surface area contributed by atoms with Gasteiger partial charge in [0.2, 0.25) is 11.8 Å². The Morgan fingerprint density at radius 3 is 2.96 bits per heavy atom. The lowest BCUT2D eigenvalue weighted by atomic mass is 9.95. The summed E-state index contributed by atoms with van der Waals surface area (Å²) >= 11 is 0. The predicted octanol–water partition coefficient (Wildman–Crippen LogP) is 2.76. The van der Waals surface area contributed by atoms with Crippen molar-refractivity contribution in [1.29, 1.82) is 0 Å². The number of hydrogen-bond donors (Lipinski definition) is 2. The molecule has 1 aromatic heterocycles. The summed E-state index contributed by atoms with van der Waals surface area (Å²) in [6.45, 7) is 2.50. The van der Waals surface area contributed by atoms with Crippen LogP contribution in [0, 0.1) is 11.7 Å². The van der Waals surface area contributed by atoms with E-state index in [1.165, 1.54) is 12.1 Å². The number of nitrogens with zero attached hydrogens (tertiary/aromatic N) is 1. The highest BCUT2D eigenvalue weighted by atomic mass is 19.1. The number of halogens is 1. The van der Waals surface area contributed by atoms with Gasteiger partial charge in [0.25, 0.3) is 0 Å². The number of hydrogen-bond acceptors (Lipinski definition) is 2. The van der Waals surface area contributed by atoms with Gasteiger partial charge in [0, 0.05) is 42.1 Å². The number of likely N-dealkylation sites (tertiary alicyclic amines) is 1. The number of carbonyl (C=O) groups excluding carboxylic acids is 2. The van der Waals surface area contributed by atoms with Crippen LogP contribution in [0.4, 0.5) is 4.39 Å². The molecule has 2 aliphatic rings. The second-order valence-electron chi connectivity index (χ2n) is 7.63. The second kappa shape index (κ2) is 6.74. The van der Waals surface area contributed by atoms with Gasteiger partial charge in [-0.15, -0.1) is 0 Å². The van der Waals surface area contributed by atoms with Crippen molar-refractivity contribution in [2.75, 3.05) is 6.54 Å². The Hall–Kier alpha value is -2.37. The fraction of sp³-hybridized carbons (Fsp3) is 0.500. The number of piperidine rings is 1. The summed E-state index contributed by atoms with van der Waals surface area (Å²) in [6, 6.07) is 4.98. The first-order chi connectivity index (χ1) is 12.5. The molecule has 26 heavy (non-hydrogen) atoms. The van der Waals surface area contributed by atoms with E-state index in [4.69, 9.17) is 0 Å². The molecule has 4 rings (SSSR count). The van der Waals surface area contributed by atoms with Crippen LogP contribution >= 0.6 is 0 Å². The van der Waals surface area contributed by atoms with Crippen molar-refractivity contribution < 1.29 is 14.0 Å². The molecule has 1 aliphatic carbocycles. The van der Waals surface area contributed by atoms with E-state index in [2.05, 4.69) is 10.3 Å². The van der Waals surface area contributed by atoms with Crippen LogP contribution in [0.15, 0.2) is 24.4 Å². The topological polar surface area (TPSA) is 65.2 Å². The summed E-state index contributed by atoms with van der Waals surface area (Å²) in [5.74, 6) is -0.190. The van der Waals surface area contributed by atoms with E-state index in [9.17, 15) is 14.0 Å². The summed E-state index contributed by atoms with van der Waals surface area (Å²) < 4.78 is 13.5. The molecule has 0 bridgehead atoms. The van der Waals surface area contributed by atoms with E-state index in [0.29, 0.717) is 31.8 Å². The Bertz CT molecular complexity index is 843. The van der Waals surface area contributed by atoms with Crippen LogP contribution in [0.25, 0.3) is 10.9 Å². The van der Waals surface area contributed by atoms with Gasteiger partial charge in [-0.05, 0) is 56.4 Å². The highest BCUT2D eigenvalue weighted by Crippen LogP contribution is 2.31. The number of amides is 2. The highest BCUT2D eigenvalue weighted by molar-refractivity contribution is 5.85. The zero-order valence-corrected chi connectivity index (χ0v) is 14.9. The van der Waals surface area contributed by atoms with E-state index in [1.54, 1.807) is 6.07 Å². The third-order valence-corrected chi connectivity index (χ3v) is 5.45. The number of carbonyl (C=O) groups is 2. The van der Waals surface area contributed by atoms with Crippen molar-refractivity contribution in [3.05, 3.63) is 35.8 Å². The van der Waals surface area contributed by atoms with Gasteiger partial charge < -0.3 is 15.2 Å². The first-order valence-electron chi connectivity index (χ1n) is 9.36. The third-order valence-electron chi connectivity index (χ3n) is 5.45. The van der Waals surface area contributed by atoms with Crippen LogP contribution in [-0.2, 0) is 16.0 Å². The SMILES string of the molecule is CC(Cc1c[nH]c2ccc(F)cc12)NC(=O)C1CCC(=O)N(C2CC2)C1. The van der Waals surface area contributed by atoms with Gasteiger partial charge in [0.15, 0.2) is 0 Å². The van der Waals surface area contributed by atoms with Crippen molar-refractivity contribution in [2.45, 2.75) is 51.1 Å². The van der Waals surface area contributed by atoms with E-state index < -0.39 is 0 Å². The smallest absolute Gasteiger partial charge is 0.225 e. The molecule has 0 radical (unpaired) electrons. The summed E-state index contributed by atoms with van der Waals surface area (Å²) in [4.78, 5) is 29.7. The molecule has 138 valence electrons. The third kappa shape index (κ3) is 3.45. The Balaban J connectivity index is 1.38. The van der Waals surface area contributed by atoms with Crippen LogP contribution in [-0.4, -0.2) is 40.3 Å². The van der Waals surface area contributed by atoms with Crippen molar-refractivity contribution in [3.63, 3.8) is 0 Å². The Morgan fingerprint density at radius 2 is 2.19 bits per heavy atom. The van der Waals surface area contributed by atoms with Crippen LogP contribution in [0.3, 0.4) is 0 Å². The maximum absolute atomic E-state index is 13.5. The summed E-state index contributed by atoms with van der Waals surface area (Å²) in [5.41, 5.74) is 1.89. The molecular weight excluding hydrogens is 333 g/mol. The lowest BCUT2D eigenvalue weighted by Gasteiger charge is -2.32. The van der Waals surface area contributed by atoms with Crippen molar-refractivity contribution in [2.24, 2.45) is 5.92 Å². The van der Waals surface area contributed by atoms with Crippen LogP contribution < -0.4 is 5.32 Å². The number of aromatic nitrogens is 1. The summed E-state index contributed by atoms with van der Waals surface area (Å²) in [5, 5.41) is 3.93. The molecule has 5 nitrogen and oxygen atoms in total. The molecule has 1 aliphatic heterocycles. The highest BCUT2D eigenvalue weighted by Gasteiger charge is 2.38. The minimum atomic E-state index is -0.262. The second-order valence-corrected chi connectivity index (χ2v) is 7.63. The molecule has 6 heteroatoms. The average molecular weight is 357 g/mol. The molecule has 2 fully saturated rings. The van der Waals surface area contributed by atoms with E-state index >= 15 is 0 Å². The maximum atomic E-state index is 13.5. The first-order valence-corrected chi connectivity index (χ1v) is 9.36. The van der Waals surface area contributed by atoms with Gasteiger partial charge >= 0.3 is 0 Å². The minimum absolute atomic E-state index is 0.0154. The molecule has 2 unspecified atom stereocenters. The van der Waals surface area contributed by atoms with Gasteiger partial charge in [-0.25, -0.2) is 4.39 Å². The Kier molecular flexibility index (Phi) is 4.42. The minimum Gasteiger partial charge on any atom is -0.361 e.